The maximum Gasteiger partial charge on any atom is 0.241 e. The average Bonchev–Trinajstić information content (AvgIpc) is 2.39. The lowest BCUT2D eigenvalue weighted by atomic mass is 10.0. The van der Waals surface area contributed by atoms with E-state index >= 15 is 0 Å². The number of hydrogen-bond acceptors (Lipinski definition) is 3. The fourth-order valence-electron chi connectivity index (χ4n) is 2.55. The van der Waals surface area contributed by atoms with E-state index in [1.807, 2.05) is 11.9 Å². The van der Waals surface area contributed by atoms with Gasteiger partial charge in [-0.15, -0.1) is 0 Å². The Morgan fingerprint density at radius 1 is 1.32 bits per heavy atom. The standard InChI is InChI=1S/C15H23N3O/c1-11-4-6-13(7-5-11)10-18-9-12(2)17(3)15(19)14(18)8-16/h4-7,12,14H,8-10,16H2,1-3H3. The lowest BCUT2D eigenvalue weighted by Gasteiger charge is -2.42. The van der Waals surface area contributed by atoms with Crippen LogP contribution in [-0.4, -0.2) is 47.9 Å². The fourth-order valence-corrected chi connectivity index (χ4v) is 2.55. The molecule has 2 N–H and O–H groups in total. The first-order valence-electron chi connectivity index (χ1n) is 6.79. The molecule has 1 heterocycles. The number of piperazine rings is 1. The molecule has 1 aliphatic heterocycles. The number of aryl methyl sites for hydroxylation is 1. The van der Waals surface area contributed by atoms with Crippen LogP contribution in [0.4, 0.5) is 0 Å². The predicted octanol–water partition coefficient (Wildman–Crippen LogP) is 0.985. The van der Waals surface area contributed by atoms with Crippen molar-refractivity contribution >= 4 is 5.91 Å². The van der Waals surface area contributed by atoms with E-state index in [2.05, 4.69) is 43.0 Å². The second-order valence-electron chi connectivity index (χ2n) is 5.46. The maximum atomic E-state index is 12.2. The van der Waals surface area contributed by atoms with Gasteiger partial charge in [0, 0.05) is 32.7 Å². The van der Waals surface area contributed by atoms with Crippen molar-refractivity contribution in [3.8, 4) is 0 Å². The molecule has 1 aromatic rings. The number of nitrogens with two attached hydrogens (primary N) is 1. The molecule has 0 spiro atoms. The Balaban J connectivity index is 2.13. The molecule has 19 heavy (non-hydrogen) atoms. The van der Waals surface area contributed by atoms with Gasteiger partial charge in [-0.3, -0.25) is 9.69 Å². The van der Waals surface area contributed by atoms with Gasteiger partial charge in [-0.25, -0.2) is 0 Å². The zero-order valence-electron chi connectivity index (χ0n) is 12.0. The minimum atomic E-state index is -0.192. The van der Waals surface area contributed by atoms with Crippen LogP contribution in [0.2, 0.25) is 0 Å². The Morgan fingerprint density at radius 3 is 2.53 bits per heavy atom. The summed E-state index contributed by atoms with van der Waals surface area (Å²) in [5.74, 6) is 0.133. The highest BCUT2D eigenvalue weighted by molar-refractivity contribution is 5.83. The van der Waals surface area contributed by atoms with Gasteiger partial charge in [-0.1, -0.05) is 29.8 Å². The smallest absolute Gasteiger partial charge is 0.241 e. The first kappa shape index (κ1) is 14.0. The maximum absolute atomic E-state index is 12.2. The molecule has 1 amide bonds. The highest BCUT2D eigenvalue weighted by Crippen LogP contribution is 2.18. The number of carbonyl (C=O) groups is 1. The Labute approximate surface area is 115 Å². The third-order valence-corrected chi connectivity index (χ3v) is 3.96. The van der Waals surface area contributed by atoms with Crippen LogP contribution < -0.4 is 5.73 Å². The summed E-state index contributed by atoms with van der Waals surface area (Å²) in [6.45, 7) is 6.19. The zero-order valence-corrected chi connectivity index (χ0v) is 12.0. The quantitative estimate of drug-likeness (QED) is 0.882. The lowest BCUT2D eigenvalue weighted by Crippen LogP contribution is -2.61. The number of benzene rings is 1. The molecule has 1 fully saturated rings. The van der Waals surface area contributed by atoms with Crippen molar-refractivity contribution < 1.29 is 4.79 Å². The molecule has 0 radical (unpaired) electrons. The summed E-state index contributed by atoms with van der Waals surface area (Å²) >= 11 is 0. The van der Waals surface area contributed by atoms with Gasteiger partial charge in [0.1, 0.15) is 6.04 Å². The highest BCUT2D eigenvalue weighted by atomic mass is 16.2. The Hall–Kier alpha value is -1.39. The highest BCUT2D eigenvalue weighted by Gasteiger charge is 2.35. The molecule has 0 bridgehead atoms. The van der Waals surface area contributed by atoms with E-state index in [1.54, 1.807) is 0 Å². The van der Waals surface area contributed by atoms with Gasteiger partial charge >= 0.3 is 0 Å². The molecule has 0 aliphatic carbocycles. The van der Waals surface area contributed by atoms with Gasteiger partial charge < -0.3 is 10.6 Å². The van der Waals surface area contributed by atoms with E-state index in [9.17, 15) is 4.79 Å². The van der Waals surface area contributed by atoms with Crippen LogP contribution in [0.3, 0.4) is 0 Å². The van der Waals surface area contributed by atoms with E-state index in [4.69, 9.17) is 5.73 Å². The minimum Gasteiger partial charge on any atom is -0.340 e. The molecule has 1 aromatic carbocycles. The third-order valence-electron chi connectivity index (χ3n) is 3.96. The summed E-state index contributed by atoms with van der Waals surface area (Å²) in [6, 6.07) is 8.50. The number of hydrogen-bond donors (Lipinski definition) is 1. The zero-order chi connectivity index (χ0) is 14.0. The minimum absolute atomic E-state index is 0.133. The number of likely N-dealkylation sites (N-methyl/N-ethyl adjacent to an activating group) is 1. The van der Waals surface area contributed by atoms with Crippen LogP contribution in [0.15, 0.2) is 24.3 Å². The van der Waals surface area contributed by atoms with E-state index in [0.717, 1.165) is 13.1 Å². The number of nitrogens with zero attached hydrogens (tertiary/aromatic N) is 2. The van der Waals surface area contributed by atoms with Gasteiger partial charge in [0.2, 0.25) is 5.91 Å². The van der Waals surface area contributed by atoms with Gasteiger partial charge in [-0.05, 0) is 19.4 Å². The summed E-state index contributed by atoms with van der Waals surface area (Å²) in [5.41, 5.74) is 8.26. The molecular weight excluding hydrogens is 238 g/mol. The molecule has 1 saturated heterocycles. The molecule has 0 saturated carbocycles. The molecule has 4 heteroatoms. The van der Waals surface area contributed by atoms with Crippen molar-refractivity contribution in [1.29, 1.82) is 0 Å². The van der Waals surface area contributed by atoms with Crippen LogP contribution in [0.5, 0.6) is 0 Å². The van der Waals surface area contributed by atoms with Crippen molar-refractivity contribution in [2.24, 2.45) is 5.73 Å². The fraction of sp³-hybridized carbons (Fsp3) is 0.533. The third kappa shape index (κ3) is 2.96. The van der Waals surface area contributed by atoms with Gasteiger partial charge in [-0.2, -0.15) is 0 Å². The molecule has 2 unspecified atom stereocenters. The molecular formula is C15H23N3O. The van der Waals surface area contributed by atoms with Crippen molar-refractivity contribution in [1.82, 2.24) is 9.80 Å². The monoisotopic (exact) mass is 261 g/mol. The molecule has 2 rings (SSSR count). The van der Waals surface area contributed by atoms with E-state index < -0.39 is 0 Å². The largest absolute Gasteiger partial charge is 0.340 e. The Morgan fingerprint density at radius 2 is 1.95 bits per heavy atom. The number of amides is 1. The number of carbonyl (C=O) groups excluding carboxylic acids is 1. The van der Waals surface area contributed by atoms with Crippen LogP contribution in [0.25, 0.3) is 0 Å². The Kier molecular flexibility index (Phi) is 4.22. The van der Waals surface area contributed by atoms with Crippen molar-refractivity contribution in [2.75, 3.05) is 20.1 Å². The summed E-state index contributed by atoms with van der Waals surface area (Å²) in [4.78, 5) is 16.2. The summed E-state index contributed by atoms with van der Waals surface area (Å²) in [6.07, 6.45) is 0. The normalized spacial score (nSPS) is 24.8. The molecule has 0 aromatic heterocycles. The van der Waals surface area contributed by atoms with E-state index in [0.29, 0.717) is 6.54 Å². The van der Waals surface area contributed by atoms with Crippen LogP contribution >= 0.6 is 0 Å². The summed E-state index contributed by atoms with van der Waals surface area (Å²) in [5, 5.41) is 0. The van der Waals surface area contributed by atoms with Crippen LogP contribution in [0, 0.1) is 6.92 Å². The van der Waals surface area contributed by atoms with Crippen molar-refractivity contribution in [3.63, 3.8) is 0 Å². The second kappa shape index (κ2) is 5.72. The van der Waals surface area contributed by atoms with Gasteiger partial charge in [0.25, 0.3) is 0 Å². The van der Waals surface area contributed by atoms with E-state index in [1.165, 1.54) is 11.1 Å². The average molecular weight is 261 g/mol. The van der Waals surface area contributed by atoms with E-state index in [-0.39, 0.29) is 18.0 Å². The summed E-state index contributed by atoms with van der Waals surface area (Å²) < 4.78 is 0. The molecule has 4 nitrogen and oxygen atoms in total. The van der Waals surface area contributed by atoms with Gasteiger partial charge in [0.05, 0.1) is 0 Å². The SMILES string of the molecule is Cc1ccc(CN2CC(C)N(C)C(=O)C2CN)cc1. The first-order valence-corrected chi connectivity index (χ1v) is 6.79. The van der Waals surface area contributed by atoms with Crippen molar-refractivity contribution in [3.05, 3.63) is 35.4 Å². The predicted molar refractivity (Wildman–Crippen MR) is 76.7 cm³/mol. The second-order valence-corrected chi connectivity index (χ2v) is 5.46. The molecule has 1 aliphatic rings. The molecule has 104 valence electrons. The van der Waals surface area contributed by atoms with Gasteiger partial charge in [0.15, 0.2) is 0 Å². The van der Waals surface area contributed by atoms with Crippen LogP contribution in [-0.2, 0) is 11.3 Å². The Bertz CT molecular complexity index is 443. The van der Waals surface area contributed by atoms with Crippen molar-refractivity contribution in [2.45, 2.75) is 32.5 Å². The lowest BCUT2D eigenvalue weighted by molar-refractivity contribution is -0.143. The molecule has 2 atom stereocenters. The van der Waals surface area contributed by atoms with Crippen LogP contribution in [0.1, 0.15) is 18.1 Å². The number of rotatable bonds is 3. The first-order chi connectivity index (χ1) is 9.02. The topological polar surface area (TPSA) is 49.6 Å². The summed E-state index contributed by atoms with van der Waals surface area (Å²) in [7, 11) is 1.86.